The van der Waals surface area contributed by atoms with Gasteiger partial charge >= 0.3 is 0 Å². The number of aryl methyl sites for hydroxylation is 1. The molecule has 0 bridgehead atoms. The van der Waals surface area contributed by atoms with Gasteiger partial charge in [-0.2, -0.15) is 9.41 Å². The molecular weight excluding hydrogens is 400 g/mol. The van der Waals surface area contributed by atoms with E-state index < -0.39 is 15.9 Å². The third kappa shape index (κ3) is 5.82. The average Bonchev–Trinajstić information content (AvgIpc) is 2.75. The number of rotatable bonds is 8. The van der Waals surface area contributed by atoms with Gasteiger partial charge in [0.15, 0.2) is 0 Å². The van der Waals surface area contributed by atoms with E-state index in [0.29, 0.717) is 5.56 Å². The lowest BCUT2D eigenvalue weighted by atomic mass is 10.2. The fourth-order valence-corrected chi connectivity index (χ4v) is 4.08. The summed E-state index contributed by atoms with van der Waals surface area (Å²) in [4.78, 5) is 16.5. The number of benzene rings is 2. The lowest BCUT2D eigenvalue weighted by Crippen LogP contribution is -2.39. The molecule has 1 amide bonds. The Morgan fingerprint density at radius 3 is 2.47 bits per heavy atom. The molecule has 3 rings (SSSR count). The summed E-state index contributed by atoms with van der Waals surface area (Å²) in [5.74, 6) is -0.540. The van der Waals surface area contributed by atoms with Crippen molar-refractivity contribution < 1.29 is 13.2 Å². The van der Waals surface area contributed by atoms with E-state index in [1.165, 1.54) is 6.21 Å². The average molecular weight is 423 g/mol. The third-order valence-electron chi connectivity index (χ3n) is 4.27. The van der Waals surface area contributed by atoms with Crippen molar-refractivity contribution in [2.45, 2.75) is 18.4 Å². The van der Waals surface area contributed by atoms with Gasteiger partial charge in [0.2, 0.25) is 10.0 Å². The van der Waals surface area contributed by atoms with Crippen molar-refractivity contribution in [3.63, 3.8) is 0 Å². The number of carbonyl (C=O) groups is 1. The Hall–Kier alpha value is -3.36. The van der Waals surface area contributed by atoms with Crippen molar-refractivity contribution in [1.82, 2.24) is 14.7 Å². The summed E-state index contributed by atoms with van der Waals surface area (Å²) in [5, 5.41) is 3.88. The van der Waals surface area contributed by atoms with Gasteiger partial charge in [0.25, 0.3) is 5.91 Å². The Kier molecular flexibility index (Phi) is 7.05. The van der Waals surface area contributed by atoms with Gasteiger partial charge in [0, 0.05) is 24.5 Å². The van der Waals surface area contributed by atoms with Gasteiger partial charge in [-0.05, 0) is 30.7 Å². The van der Waals surface area contributed by atoms with Crippen LogP contribution in [0.15, 0.2) is 89.1 Å². The molecule has 0 aliphatic carbocycles. The molecule has 0 saturated carbocycles. The summed E-state index contributed by atoms with van der Waals surface area (Å²) in [7, 11) is -3.88. The predicted molar refractivity (Wildman–Crippen MR) is 115 cm³/mol. The summed E-state index contributed by atoms with van der Waals surface area (Å²) in [6, 6.07) is 19.2. The monoisotopic (exact) mass is 422 g/mol. The fourth-order valence-electron chi connectivity index (χ4n) is 2.70. The zero-order valence-electron chi connectivity index (χ0n) is 16.5. The highest BCUT2D eigenvalue weighted by Gasteiger charge is 2.26. The number of amides is 1. The number of sulfonamides is 1. The number of nitrogens with zero attached hydrogens (tertiary/aromatic N) is 3. The molecule has 0 aliphatic heterocycles. The minimum absolute atomic E-state index is 0.0663. The van der Waals surface area contributed by atoms with Gasteiger partial charge in [0.1, 0.15) is 0 Å². The number of carbonyl (C=O) groups excluding carboxylic acids is 1. The van der Waals surface area contributed by atoms with Crippen LogP contribution in [0.3, 0.4) is 0 Å². The highest BCUT2D eigenvalue weighted by molar-refractivity contribution is 7.89. The Morgan fingerprint density at radius 2 is 1.80 bits per heavy atom. The number of pyridine rings is 1. The van der Waals surface area contributed by atoms with Crippen molar-refractivity contribution in [3.05, 3.63) is 95.8 Å². The molecule has 0 radical (unpaired) electrons. The standard InChI is InChI=1S/C22H22N4O3S/c1-18-9-11-21(12-10-18)30(28,29)26(16-19-6-3-2-4-7-19)17-22(27)25-24-15-20-8-5-13-23-14-20/h2-15H,16-17H2,1H3,(H,25,27)/b24-15-. The molecule has 30 heavy (non-hydrogen) atoms. The predicted octanol–water partition coefficient (Wildman–Crippen LogP) is 2.73. The van der Waals surface area contributed by atoms with E-state index in [1.807, 2.05) is 37.3 Å². The number of hydrogen-bond acceptors (Lipinski definition) is 5. The third-order valence-corrected chi connectivity index (χ3v) is 6.07. The first kappa shape index (κ1) is 21.4. The van der Waals surface area contributed by atoms with E-state index in [-0.39, 0.29) is 18.0 Å². The van der Waals surface area contributed by atoms with Crippen LogP contribution in [0.4, 0.5) is 0 Å². The van der Waals surface area contributed by atoms with Gasteiger partial charge in [-0.15, -0.1) is 0 Å². The molecule has 1 aromatic heterocycles. The Bertz CT molecular complexity index is 1100. The molecule has 0 atom stereocenters. The zero-order chi connectivity index (χ0) is 21.4. The van der Waals surface area contributed by atoms with Crippen LogP contribution in [0.25, 0.3) is 0 Å². The minimum Gasteiger partial charge on any atom is -0.272 e. The Morgan fingerprint density at radius 1 is 1.07 bits per heavy atom. The normalized spacial score (nSPS) is 11.7. The van der Waals surface area contributed by atoms with E-state index in [9.17, 15) is 13.2 Å². The van der Waals surface area contributed by atoms with E-state index in [1.54, 1.807) is 48.8 Å². The maximum atomic E-state index is 13.2. The number of hydrazone groups is 1. The van der Waals surface area contributed by atoms with E-state index in [0.717, 1.165) is 15.4 Å². The van der Waals surface area contributed by atoms with Crippen LogP contribution in [0, 0.1) is 6.92 Å². The van der Waals surface area contributed by atoms with Crippen LogP contribution < -0.4 is 5.43 Å². The molecule has 8 heteroatoms. The van der Waals surface area contributed by atoms with Gasteiger partial charge in [0.05, 0.1) is 17.7 Å². The van der Waals surface area contributed by atoms with Gasteiger partial charge in [-0.3, -0.25) is 9.78 Å². The summed E-state index contributed by atoms with van der Waals surface area (Å²) in [6.45, 7) is 1.58. The molecule has 154 valence electrons. The van der Waals surface area contributed by atoms with Crippen molar-refractivity contribution in [1.29, 1.82) is 0 Å². The Balaban J connectivity index is 1.77. The lowest BCUT2D eigenvalue weighted by molar-refractivity contribution is -0.121. The van der Waals surface area contributed by atoms with Crippen LogP contribution >= 0.6 is 0 Å². The molecule has 0 aliphatic rings. The van der Waals surface area contributed by atoms with Gasteiger partial charge in [-0.25, -0.2) is 13.8 Å². The first-order valence-electron chi connectivity index (χ1n) is 9.28. The summed E-state index contributed by atoms with van der Waals surface area (Å²) >= 11 is 0. The quantitative estimate of drug-likeness (QED) is 0.446. The summed E-state index contributed by atoms with van der Waals surface area (Å²) in [6.07, 6.45) is 4.67. The van der Waals surface area contributed by atoms with Crippen LogP contribution in [-0.4, -0.2) is 36.4 Å². The molecule has 2 aromatic carbocycles. The molecular formula is C22H22N4O3S. The fraction of sp³-hybridized carbons (Fsp3) is 0.136. The van der Waals surface area contributed by atoms with Gasteiger partial charge < -0.3 is 0 Å². The molecule has 1 N–H and O–H groups in total. The molecule has 3 aromatic rings. The lowest BCUT2D eigenvalue weighted by Gasteiger charge is -2.21. The maximum absolute atomic E-state index is 13.2. The highest BCUT2D eigenvalue weighted by atomic mass is 32.2. The SMILES string of the molecule is Cc1ccc(S(=O)(=O)N(CC(=O)N/N=C\c2cccnc2)Cc2ccccc2)cc1. The van der Waals surface area contributed by atoms with E-state index in [4.69, 9.17) is 0 Å². The molecule has 0 fully saturated rings. The van der Waals surface area contributed by atoms with E-state index in [2.05, 4.69) is 15.5 Å². The summed E-state index contributed by atoms with van der Waals surface area (Å²) < 4.78 is 27.5. The maximum Gasteiger partial charge on any atom is 0.255 e. The second-order valence-electron chi connectivity index (χ2n) is 6.65. The van der Waals surface area contributed by atoms with Gasteiger partial charge in [-0.1, -0.05) is 54.1 Å². The zero-order valence-corrected chi connectivity index (χ0v) is 17.3. The first-order chi connectivity index (χ1) is 14.4. The Labute approximate surface area is 176 Å². The van der Waals surface area contributed by atoms with Crippen LogP contribution in [-0.2, 0) is 21.4 Å². The number of hydrogen-bond donors (Lipinski definition) is 1. The van der Waals surface area contributed by atoms with E-state index >= 15 is 0 Å². The summed E-state index contributed by atoms with van der Waals surface area (Å²) in [5.41, 5.74) is 4.82. The van der Waals surface area contributed by atoms with Crippen molar-refractivity contribution in [3.8, 4) is 0 Å². The smallest absolute Gasteiger partial charge is 0.255 e. The topological polar surface area (TPSA) is 91.7 Å². The van der Waals surface area contributed by atoms with Crippen LogP contribution in [0.5, 0.6) is 0 Å². The minimum atomic E-state index is -3.88. The van der Waals surface area contributed by atoms with Crippen molar-refractivity contribution in [2.75, 3.05) is 6.54 Å². The molecule has 7 nitrogen and oxygen atoms in total. The molecule has 1 heterocycles. The largest absolute Gasteiger partial charge is 0.272 e. The molecule has 0 saturated heterocycles. The second-order valence-corrected chi connectivity index (χ2v) is 8.59. The van der Waals surface area contributed by atoms with Crippen LogP contribution in [0.1, 0.15) is 16.7 Å². The van der Waals surface area contributed by atoms with Crippen molar-refractivity contribution in [2.24, 2.45) is 5.10 Å². The number of nitrogens with one attached hydrogen (secondary N) is 1. The molecule has 0 spiro atoms. The number of aromatic nitrogens is 1. The second kappa shape index (κ2) is 9.91. The van der Waals surface area contributed by atoms with Crippen LogP contribution in [0.2, 0.25) is 0 Å². The van der Waals surface area contributed by atoms with Crippen molar-refractivity contribution >= 4 is 22.1 Å². The highest BCUT2D eigenvalue weighted by Crippen LogP contribution is 2.19. The first-order valence-corrected chi connectivity index (χ1v) is 10.7. The molecule has 0 unspecified atom stereocenters.